The number of amides is 2. The lowest BCUT2D eigenvalue weighted by Crippen LogP contribution is -2.29. The molecule has 0 saturated carbocycles. The maximum Gasteiger partial charge on any atom is 0.244 e. The van der Waals surface area contributed by atoms with Crippen LogP contribution >= 0.6 is 0 Å². The minimum atomic E-state index is -0.686. The van der Waals surface area contributed by atoms with Crippen molar-refractivity contribution in [1.82, 2.24) is 40.5 Å². The number of aromatic nitrogens is 7. The lowest BCUT2D eigenvalue weighted by atomic mass is 10.1. The molecule has 43 heavy (non-hydrogen) atoms. The van der Waals surface area contributed by atoms with Crippen LogP contribution in [0.15, 0.2) is 67.1 Å². The molecule has 4 bridgehead atoms. The summed E-state index contributed by atoms with van der Waals surface area (Å²) >= 11 is 0. The zero-order chi connectivity index (χ0) is 29.9. The third kappa shape index (κ3) is 6.20. The third-order valence-electron chi connectivity index (χ3n) is 6.95. The molecular weight excluding hydrogens is 556 g/mol. The number of carbonyl (C=O) groups excluding carboxylic acids is 2. The van der Waals surface area contributed by atoms with Gasteiger partial charge in [0.05, 0.1) is 28.8 Å². The maximum absolute atomic E-state index is 14.6. The van der Waals surface area contributed by atoms with Crippen LogP contribution in [0, 0.1) is 18.6 Å². The molecule has 0 radical (unpaired) electrons. The number of hydrogen-bond donors (Lipinski definition) is 3. The number of imidazole rings is 1. The van der Waals surface area contributed by atoms with Crippen LogP contribution in [0.4, 0.5) is 14.5 Å². The first-order chi connectivity index (χ1) is 20.8. The lowest BCUT2D eigenvalue weighted by Gasteiger charge is -2.17. The Hall–Kier alpha value is -5.59. The SMILES string of the molecule is Cc1ccc(-n2cnnn2)c(/C=C/C(=O)NC2Cc3ccc(F)c(n3)CCC(=O)Nc3cc(F)ccc3-c3c[nH]c2n3)c1. The van der Waals surface area contributed by atoms with E-state index in [0.717, 1.165) is 11.1 Å². The van der Waals surface area contributed by atoms with Gasteiger partial charge in [0.1, 0.15) is 23.8 Å². The normalized spacial score (nSPS) is 15.0. The number of aryl methyl sites for hydroxylation is 2. The predicted octanol–water partition coefficient (Wildman–Crippen LogP) is 4.03. The Morgan fingerprint density at radius 2 is 1.98 bits per heavy atom. The van der Waals surface area contributed by atoms with Gasteiger partial charge in [-0.1, -0.05) is 11.6 Å². The first-order valence-electron chi connectivity index (χ1n) is 13.4. The summed E-state index contributed by atoms with van der Waals surface area (Å²) in [4.78, 5) is 38.1. The number of halogens is 2. The largest absolute Gasteiger partial charge is 0.346 e. The summed E-state index contributed by atoms with van der Waals surface area (Å²) in [6, 6.07) is 11.8. The minimum absolute atomic E-state index is 0.0396. The Morgan fingerprint density at radius 1 is 1.09 bits per heavy atom. The predicted molar refractivity (Wildman–Crippen MR) is 153 cm³/mol. The first kappa shape index (κ1) is 27.6. The molecule has 1 unspecified atom stereocenters. The van der Waals surface area contributed by atoms with Crippen molar-refractivity contribution in [2.45, 2.75) is 32.2 Å². The van der Waals surface area contributed by atoms with Crippen molar-refractivity contribution in [2.24, 2.45) is 0 Å². The van der Waals surface area contributed by atoms with E-state index in [0.29, 0.717) is 28.5 Å². The zero-order valence-electron chi connectivity index (χ0n) is 22.9. The summed E-state index contributed by atoms with van der Waals surface area (Å²) in [6.45, 7) is 1.94. The summed E-state index contributed by atoms with van der Waals surface area (Å²) in [5, 5.41) is 17.0. The molecule has 5 aromatic rings. The van der Waals surface area contributed by atoms with E-state index in [2.05, 4.69) is 41.1 Å². The van der Waals surface area contributed by atoms with Gasteiger partial charge in [0.15, 0.2) is 0 Å². The van der Waals surface area contributed by atoms with E-state index in [9.17, 15) is 18.4 Å². The number of benzene rings is 2. The van der Waals surface area contributed by atoms with Crippen LogP contribution in [-0.2, 0) is 22.4 Å². The van der Waals surface area contributed by atoms with Gasteiger partial charge in [0, 0.05) is 48.4 Å². The second-order valence-electron chi connectivity index (χ2n) is 10.1. The van der Waals surface area contributed by atoms with Crippen molar-refractivity contribution in [2.75, 3.05) is 5.32 Å². The smallest absolute Gasteiger partial charge is 0.244 e. The topological polar surface area (TPSA) is 143 Å². The molecule has 11 nitrogen and oxygen atoms in total. The molecular formula is C30H25F2N9O2. The molecule has 0 spiro atoms. The van der Waals surface area contributed by atoms with Crippen LogP contribution in [0.3, 0.4) is 0 Å². The molecule has 13 heteroatoms. The lowest BCUT2D eigenvalue weighted by molar-refractivity contribution is -0.117. The van der Waals surface area contributed by atoms with Gasteiger partial charge in [-0.15, -0.1) is 5.10 Å². The Balaban J connectivity index is 1.34. The fourth-order valence-corrected chi connectivity index (χ4v) is 4.86. The highest BCUT2D eigenvalue weighted by molar-refractivity contribution is 5.95. The summed E-state index contributed by atoms with van der Waals surface area (Å²) in [5.74, 6) is -1.51. The average Bonchev–Trinajstić information content (AvgIpc) is 3.69. The molecule has 0 aliphatic carbocycles. The zero-order valence-corrected chi connectivity index (χ0v) is 22.9. The van der Waals surface area contributed by atoms with Gasteiger partial charge in [-0.2, -0.15) is 4.68 Å². The molecule has 4 heterocycles. The van der Waals surface area contributed by atoms with E-state index in [-0.39, 0.29) is 30.6 Å². The molecule has 3 N–H and O–H groups in total. The van der Waals surface area contributed by atoms with Crippen molar-refractivity contribution >= 4 is 23.6 Å². The number of tetrazole rings is 1. The number of H-pyrrole nitrogens is 1. The number of rotatable bonds is 4. The Labute approximate surface area is 244 Å². The van der Waals surface area contributed by atoms with Gasteiger partial charge < -0.3 is 15.6 Å². The Kier molecular flexibility index (Phi) is 7.52. The van der Waals surface area contributed by atoms with Crippen molar-refractivity contribution < 1.29 is 18.4 Å². The third-order valence-corrected chi connectivity index (χ3v) is 6.95. The summed E-state index contributed by atoms with van der Waals surface area (Å²) in [6.07, 6.45) is 6.30. The van der Waals surface area contributed by atoms with Crippen molar-refractivity contribution in [3.05, 3.63) is 107 Å². The van der Waals surface area contributed by atoms with Crippen LogP contribution in [0.2, 0.25) is 0 Å². The second kappa shape index (κ2) is 11.7. The molecule has 3 aromatic heterocycles. The molecule has 1 aliphatic rings. The van der Waals surface area contributed by atoms with E-state index in [1.165, 1.54) is 47.4 Å². The first-order valence-corrected chi connectivity index (χ1v) is 13.4. The number of nitrogens with zero attached hydrogens (tertiary/aromatic N) is 6. The number of anilines is 1. The summed E-state index contributed by atoms with van der Waals surface area (Å²) < 4.78 is 30.2. The van der Waals surface area contributed by atoms with Crippen molar-refractivity contribution in [3.63, 3.8) is 0 Å². The van der Waals surface area contributed by atoms with Gasteiger partial charge in [0.25, 0.3) is 0 Å². The Bertz CT molecular complexity index is 1850. The second-order valence-corrected chi connectivity index (χ2v) is 10.1. The molecule has 1 aliphatic heterocycles. The van der Waals surface area contributed by atoms with E-state index in [1.54, 1.807) is 12.3 Å². The number of nitrogens with one attached hydrogen (secondary N) is 3. The number of carbonyl (C=O) groups is 2. The fourth-order valence-electron chi connectivity index (χ4n) is 4.86. The Morgan fingerprint density at radius 3 is 2.81 bits per heavy atom. The van der Waals surface area contributed by atoms with Crippen LogP contribution in [-0.4, -0.2) is 47.0 Å². The van der Waals surface area contributed by atoms with Crippen molar-refractivity contribution in [1.29, 1.82) is 0 Å². The number of hydrogen-bond acceptors (Lipinski definition) is 7. The molecule has 0 fully saturated rings. The maximum atomic E-state index is 14.6. The fraction of sp³-hybridized carbons (Fsp3) is 0.167. The van der Waals surface area contributed by atoms with Gasteiger partial charge in [-0.3, -0.25) is 14.6 Å². The van der Waals surface area contributed by atoms with Gasteiger partial charge >= 0.3 is 0 Å². The van der Waals surface area contributed by atoms with Gasteiger partial charge in [-0.25, -0.2) is 13.8 Å². The van der Waals surface area contributed by atoms with E-state index in [1.807, 2.05) is 25.1 Å². The standard InChI is InChI=1S/C30H25F2N9O2/c1-17-2-9-27(41-16-34-39-40-41)18(12-17)3-10-28(42)37-25-14-20-5-7-22(32)23(35-20)8-11-29(43)36-24-13-19(31)4-6-21(24)26-15-33-30(25)38-26/h2-7,9-10,12-13,15-16,25H,8,11,14H2,1H3,(H,33,38)(H,36,43)(H,37,42)/b10-3+. The highest BCUT2D eigenvalue weighted by Crippen LogP contribution is 2.30. The van der Waals surface area contributed by atoms with Gasteiger partial charge in [-0.05, 0) is 65.9 Å². The summed E-state index contributed by atoms with van der Waals surface area (Å²) in [7, 11) is 0. The molecule has 2 aromatic carbocycles. The van der Waals surface area contributed by atoms with Gasteiger partial charge in [0.2, 0.25) is 11.8 Å². The van der Waals surface area contributed by atoms with Crippen LogP contribution in [0.5, 0.6) is 0 Å². The molecule has 6 rings (SSSR count). The average molecular weight is 582 g/mol. The molecule has 2 amide bonds. The summed E-state index contributed by atoms with van der Waals surface area (Å²) in [5.41, 5.74) is 4.17. The minimum Gasteiger partial charge on any atom is -0.346 e. The number of pyridine rings is 1. The number of fused-ring (bicyclic) bond motifs is 6. The van der Waals surface area contributed by atoms with Crippen molar-refractivity contribution in [3.8, 4) is 16.9 Å². The molecule has 216 valence electrons. The van der Waals surface area contributed by atoms with Crippen LogP contribution in [0.1, 0.15) is 40.8 Å². The van der Waals surface area contributed by atoms with Crippen LogP contribution in [0.25, 0.3) is 23.0 Å². The van der Waals surface area contributed by atoms with E-state index < -0.39 is 29.5 Å². The van der Waals surface area contributed by atoms with E-state index >= 15 is 0 Å². The quantitative estimate of drug-likeness (QED) is 0.272. The van der Waals surface area contributed by atoms with E-state index in [4.69, 9.17) is 0 Å². The molecule has 0 saturated heterocycles. The molecule has 1 atom stereocenters. The monoisotopic (exact) mass is 581 g/mol. The van der Waals surface area contributed by atoms with Crippen LogP contribution < -0.4 is 10.6 Å². The highest BCUT2D eigenvalue weighted by Gasteiger charge is 2.22. The highest BCUT2D eigenvalue weighted by atomic mass is 19.1. The number of aromatic amines is 1.